The first kappa shape index (κ1) is 23.7. The maximum Gasteiger partial charge on any atom is 0.322 e. The number of piperidine rings is 1. The van der Waals surface area contributed by atoms with E-state index in [4.69, 9.17) is 4.74 Å². The molecular weight excluding hydrogens is 443 g/mol. The summed E-state index contributed by atoms with van der Waals surface area (Å²) >= 11 is 0. The molecule has 0 bridgehead atoms. The van der Waals surface area contributed by atoms with Crippen molar-refractivity contribution in [3.63, 3.8) is 0 Å². The van der Waals surface area contributed by atoms with Gasteiger partial charge in [-0.05, 0) is 44.4 Å². The SMILES string of the molecule is CCOC(=O)C1CCN(C(=O)CN2CC3=C(C2=O)[C@@H](c2cccc(F)c2)NC(=O)N3CC)CC1. The number of hydrogen-bond donors (Lipinski definition) is 1. The summed E-state index contributed by atoms with van der Waals surface area (Å²) in [5, 5.41) is 2.80. The molecule has 1 fully saturated rings. The smallest absolute Gasteiger partial charge is 0.322 e. The van der Waals surface area contributed by atoms with Crippen LogP contribution in [0.3, 0.4) is 0 Å². The van der Waals surface area contributed by atoms with E-state index >= 15 is 0 Å². The highest BCUT2D eigenvalue weighted by Gasteiger charge is 2.44. The van der Waals surface area contributed by atoms with Gasteiger partial charge in [-0.1, -0.05) is 12.1 Å². The third-order valence-corrected chi connectivity index (χ3v) is 6.59. The van der Waals surface area contributed by atoms with Crippen molar-refractivity contribution in [2.24, 2.45) is 5.92 Å². The molecule has 10 heteroatoms. The van der Waals surface area contributed by atoms with Crippen molar-refractivity contribution >= 4 is 23.8 Å². The molecule has 0 aromatic heterocycles. The molecule has 1 aromatic rings. The Kier molecular flexibility index (Phi) is 6.85. The Labute approximate surface area is 197 Å². The number of nitrogens with one attached hydrogen (secondary N) is 1. The molecule has 3 heterocycles. The van der Waals surface area contributed by atoms with Gasteiger partial charge in [0.1, 0.15) is 12.4 Å². The van der Waals surface area contributed by atoms with Gasteiger partial charge in [-0.25, -0.2) is 9.18 Å². The summed E-state index contributed by atoms with van der Waals surface area (Å²) in [6.07, 6.45) is 1.05. The van der Waals surface area contributed by atoms with Crippen LogP contribution in [0.1, 0.15) is 38.3 Å². The van der Waals surface area contributed by atoms with E-state index in [1.807, 2.05) is 0 Å². The fourth-order valence-corrected chi connectivity index (χ4v) is 4.83. The number of amides is 4. The first-order valence-electron chi connectivity index (χ1n) is 11.6. The summed E-state index contributed by atoms with van der Waals surface area (Å²) in [4.78, 5) is 55.6. The van der Waals surface area contributed by atoms with E-state index < -0.39 is 11.9 Å². The first-order valence-corrected chi connectivity index (χ1v) is 11.6. The van der Waals surface area contributed by atoms with Gasteiger partial charge in [0, 0.05) is 19.6 Å². The molecule has 0 spiro atoms. The fourth-order valence-electron chi connectivity index (χ4n) is 4.83. The van der Waals surface area contributed by atoms with E-state index in [2.05, 4.69) is 5.32 Å². The summed E-state index contributed by atoms with van der Waals surface area (Å²) in [6.45, 7) is 5.10. The van der Waals surface area contributed by atoms with E-state index in [0.29, 0.717) is 55.9 Å². The average Bonchev–Trinajstić information content (AvgIpc) is 3.14. The van der Waals surface area contributed by atoms with Crippen LogP contribution in [0.4, 0.5) is 9.18 Å². The third-order valence-electron chi connectivity index (χ3n) is 6.59. The highest BCUT2D eigenvalue weighted by Crippen LogP contribution is 2.36. The number of ether oxygens (including phenoxy) is 1. The minimum atomic E-state index is -0.783. The number of urea groups is 1. The molecule has 9 nitrogen and oxygen atoms in total. The third kappa shape index (κ3) is 4.49. The van der Waals surface area contributed by atoms with Crippen molar-refractivity contribution in [1.29, 1.82) is 0 Å². The number of carbonyl (C=O) groups excluding carboxylic acids is 4. The number of carbonyl (C=O) groups is 4. The van der Waals surface area contributed by atoms with Gasteiger partial charge in [0.05, 0.1) is 36.4 Å². The van der Waals surface area contributed by atoms with E-state index in [0.717, 1.165) is 0 Å². The topological polar surface area (TPSA) is 99.3 Å². The molecule has 0 saturated carbocycles. The number of rotatable bonds is 6. The number of likely N-dealkylation sites (N-methyl/N-ethyl adjacent to an activating group) is 1. The Bertz CT molecular complexity index is 1030. The number of halogens is 1. The van der Waals surface area contributed by atoms with Gasteiger partial charge in [-0.15, -0.1) is 0 Å². The van der Waals surface area contributed by atoms with Crippen molar-refractivity contribution in [2.45, 2.75) is 32.7 Å². The van der Waals surface area contributed by atoms with Crippen LogP contribution >= 0.6 is 0 Å². The second kappa shape index (κ2) is 9.82. The number of likely N-dealkylation sites (tertiary alicyclic amines) is 1. The standard InChI is InChI=1S/C24H29FN4O5/c1-3-29-18-13-28(14-19(30)27-10-8-15(9-11-27)23(32)34-4-2)22(31)20(18)21(26-24(29)33)16-6-5-7-17(25)12-16/h5-7,12,15,21H,3-4,8-11,13-14H2,1-2H3,(H,26,33)/t21-/m1/s1. The van der Waals surface area contributed by atoms with E-state index in [1.54, 1.807) is 24.8 Å². The van der Waals surface area contributed by atoms with Crippen molar-refractivity contribution < 1.29 is 28.3 Å². The molecule has 0 radical (unpaired) electrons. The Morgan fingerprint density at radius 3 is 2.56 bits per heavy atom. The second-order valence-corrected chi connectivity index (χ2v) is 8.61. The van der Waals surface area contributed by atoms with Gasteiger partial charge >= 0.3 is 12.0 Å². The van der Waals surface area contributed by atoms with Crippen molar-refractivity contribution in [1.82, 2.24) is 20.0 Å². The number of esters is 1. The van der Waals surface area contributed by atoms with Crippen molar-refractivity contribution in [3.8, 4) is 0 Å². The van der Waals surface area contributed by atoms with E-state index in [-0.39, 0.29) is 42.8 Å². The predicted octanol–water partition coefficient (Wildman–Crippen LogP) is 1.81. The molecule has 1 N–H and O–H groups in total. The Morgan fingerprint density at radius 2 is 1.91 bits per heavy atom. The molecule has 182 valence electrons. The zero-order chi connectivity index (χ0) is 24.4. The normalized spacial score (nSPS) is 21.0. The Morgan fingerprint density at radius 1 is 1.18 bits per heavy atom. The number of benzene rings is 1. The molecule has 4 rings (SSSR count). The minimum Gasteiger partial charge on any atom is -0.466 e. The molecule has 1 saturated heterocycles. The monoisotopic (exact) mass is 472 g/mol. The molecular formula is C24H29FN4O5. The average molecular weight is 473 g/mol. The Balaban J connectivity index is 1.47. The van der Waals surface area contributed by atoms with Crippen molar-refractivity contribution in [3.05, 3.63) is 46.9 Å². The van der Waals surface area contributed by atoms with Crippen LogP contribution in [0.2, 0.25) is 0 Å². The van der Waals surface area contributed by atoms with Crippen LogP contribution in [0, 0.1) is 11.7 Å². The van der Waals surface area contributed by atoms with Crippen molar-refractivity contribution in [2.75, 3.05) is 39.3 Å². The molecule has 1 atom stereocenters. The largest absolute Gasteiger partial charge is 0.466 e. The zero-order valence-electron chi connectivity index (χ0n) is 19.4. The van der Waals surface area contributed by atoms with Crippen LogP contribution in [-0.2, 0) is 19.1 Å². The lowest BCUT2D eigenvalue weighted by Gasteiger charge is -2.32. The molecule has 34 heavy (non-hydrogen) atoms. The maximum atomic E-state index is 13.9. The lowest BCUT2D eigenvalue weighted by atomic mass is 9.95. The van der Waals surface area contributed by atoms with Gasteiger partial charge in [0.2, 0.25) is 5.91 Å². The van der Waals surface area contributed by atoms with Gasteiger partial charge in [0.15, 0.2) is 0 Å². The molecule has 3 aliphatic rings. The summed E-state index contributed by atoms with van der Waals surface area (Å²) in [7, 11) is 0. The van der Waals surface area contributed by atoms with Gasteiger partial charge < -0.3 is 19.9 Å². The highest BCUT2D eigenvalue weighted by molar-refractivity contribution is 6.03. The fraction of sp³-hybridized carbons (Fsp3) is 0.500. The van der Waals surface area contributed by atoms with E-state index in [1.165, 1.54) is 28.0 Å². The van der Waals surface area contributed by atoms with Crippen LogP contribution in [0.25, 0.3) is 0 Å². The van der Waals surface area contributed by atoms with E-state index in [9.17, 15) is 23.6 Å². The molecule has 1 aromatic carbocycles. The van der Waals surface area contributed by atoms with Crippen LogP contribution in [0.15, 0.2) is 35.5 Å². The highest BCUT2D eigenvalue weighted by atomic mass is 19.1. The molecule has 0 unspecified atom stereocenters. The maximum absolute atomic E-state index is 13.9. The molecule has 0 aliphatic carbocycles. The van der Waals surface area contributed by atoms with Crippen LogP contribution in [0.5, 0.6) is 0 Å². The lowest BCUT2D eigenvalue weighted by molar-refractivity contribution is -0.151. The van der Waals surface area contributed by atoms with Gasteiger partial charge in [0.25, 0.3) is 5.91 Å². The van der Waals surface area contributed by atoms with Crippen LogP contribution < -0.4 is 5.32 Å². The summed E-state index contributed by atoms with van der Waals surface area (Å²) in [6, 6.07) is 4.64. The quantitative estimate of drug-likeness (QED) is 0.637. The van der Waals surface area contributed by atoms with Crippen LogP contribution in [-0.4, -0.2) is 77.8 Å². The second-order valence-electron chi connectivity index (χ2n) is 8.61. The minimum absolute atomic E-state index is 0.127. The summed E-state index contributed by atoms with van der Waals surface area (Å²) in [5.74, 6) is -1.47. The van der Waals surface area contributed by atoms with Gasteiger partial charge in [-0.2, -0.15) is 0 Å². The summed E-state index contributed by atoms with van der Waals surface area (Å²) in [5.41, 5.74) is 1.37. The molecule has 3 aliphatic heterocycles. The zero-order valence-corrected chi connectivity index (χ0v) is 19.4. The Hall–Kier alpha value is -3.43. The van der Waals surface area contributed by atoms with Gasteiger partial charge in [-0.3, -0.25) is 19.3 Å². The lowest BCUT2D eigenvalue weighted by Crippen LogP contribution is -2.47. The first-order chi connectivity index (χ1) is 16.3. The predicted molar refractivity (Wildman–Crippen MR) is 120 cm³/mol. The summed E-state index contributed by atoms with van der Waals surface area (Å²) < 4.78 is 18.9. The number of hydrogen-bond acceptors (Lipinski definition) is 5. The molecule has 4 amide bonds. The number of nitrogens with zero attached hydrogens (tertiary/aromatic N) is 3.